The average molecular weight is 310 g/mol. The van der Waals surface area contributed by atoms with Crippen molar-refractivity contribution in [1.82, 2.24) is 0 Å². The number of nitrogens with zero attached hydrogens (tertiary/aromatic N) is 2. The number of benzene rings is 2. The Labute approximate surface area is 137 Å². The maximum Gasteiger partial charge on any atom is 0.181 e. The van der Waals surface area contributed by atoms with Crippen LogP contribution in [0.1, 0.15) is 33.4 Å². The van der Waals surface area contributed by atoms with Crippen molar-refractivity contribution >= 4 is 6.01 Å². The lowest BCUT2D eigenvalue weighted by Crippen LogP contribution is -1.93. The van der Waals surface area contributed by atoms with Gasteiger partial charge in [0.1, 0.15) is 0 Å². The van der Waals surface area contributed by atoms with Gasteiger partial charge in [0.25, 0.3) is 0 Å². The van der Waals surface area contributed by atoms with E-state index in [9.17, 15) is 0 Å². The number of rotatable bonds is 4. The molecule has 0 fully saturated rings. The maximum atomic E-state index is 5.38. The summed E-state index contributed by atoms with van der Waals surface area (Å²) >= 11 is 0. The van der Waals surface area contributed by atoms with E-state index in [-0.39, 0.29) is 0 Å². The van der Waals surface area contributed by atoms with E-state index in [1.54, 1.807) is 0 Å². The molecule has 2 aromatic rings. The van der Waals surface area contributed by atoms with Crippen LogP contribution in [-0.4, -0.2) is 6.01 Å². The summed E-state index contributed by atoms with van der Waals surface area (Å²) in [5, 5.41) is 7.49. The molecule has 4 nitrogen and oxygen atoms in total. The summed E-state index contributed by atoms with van der Waals surface area (Å²) < 4.78 is 0. The average Bonchev–Trinajstić information content (AvgIpc) is 2.42. The second kappa shape index (κ2) is 7.12. The Kier molecular flexibility index (Phi) is 5.20. The minimum Gasteiger partial charge on any atom is -0.347 e. The Bertz CT molecular complexity index is 678. The lowest BCUT2D eigenvalue weighted by atomic mass is 10.1. The van der Waals surface area contributed by atoms with Gasteiger partial charge < -0.3 is 9.68 Å². The van der Waals surface area contributed by atoms with Crippen LogP contribution in [0.2, 0.25) is 0 Å². The van der Waals surface area contributed by atoms with Gasteiger partial charge in [0.15, 0.2) is 17.5 Å². The van der Waals surface area contributed by atoms with Crippen LogP contribution in [0.4, 0.5) is 0 Å². The van der Waals surface area contributed by atoms with Crippen molar-refractivity contribution in [3.63, 3.8) is 0 Å². The van der Waals surface area contributed by atoms with E-state index in [0.29, 0.717) is 0 Å². The molecule has 4 heteroatoms. The molecule has 0 bridgehead atoms. The third-order valence-corrected chi connectivity index (χ3v) is 3.56. The molecule has 2 rings (SSSR count). The highest BCUT2D eigenvalue weighted by Gasteiger charge is 2.05. The predicted molar refractivity (Wildman–Crippen MR) is 92.4 cm³/mol. The molecule has 0 aromatic heterocycles. The van der Waals surface area contributed by atoms with Gasteiger partial charge in [-0.3, -0.25) is 0 Å². The van der Waals surface area contributed by atoms with Crippen molar-refractivity contribution in [2.75, 3.05) is 0 Å². The van der Waals surface area contributed by atoms with E-state index in [1.807, 2.05) is 52.0 Å². The molecule has 0 N–H and O–H groups in total. The first-order valence-corrected chi connectivity index (χ1v) is 7.53. The molecule has 0 spiro atoms. The van der Waals surface area contributed by atoms with Crippen molar-refractivity contribution < 1.29 is 9.68 Å². The minimum absolute atomic E-state index is 0.723. The standard InChI is InChI=1S/C19H22N2O2/c1-12-7-14(3)18(15(4)8-12)22-20-11-21-23-19-16(5)9-13(2)10-17(19)6/h7-10H,1-6H3. The van der Waals surface area contributed by atoms with Gasteiger partial charge in [-0.1, -0.05) is 35.4 Å². The Balaban J connectivity index is 2.09. The topological polar surface area (TPSA) is 43.2 Å². The molecular weight excluding hydrogens is 288 g/mol. The lowest BCUT2D eigenvalue weighted by Gasteiger charge is -2.07. The minimum atomic E-state index is 0.723. The molecule has 120 valence electrons. The van der Waals surface area contributed by atoms with Gasteiger partial charge >= 0.3 is 0 Å². The molecule has 0 aliphatic carbocycles. The number of hydrogen-bond donors (Lipinski definition) is 0. The third kappa shape index (κ3) is 4.21. The summed E-state index contributed by atoms with van der Waals surface area (Å²) in [6.45, 7) is 12.0. The first-order valence-electron chi connectivity index (χ1n) is 7.53. The van der Waals surface area contributed by atoms with E-state index in [4.69, 9.17) is 9.68 Å². The molecule has 0 radical (unpaired) electrons. The highest BCUT2D eigenvalue weighted by atomic mass is 16.6. The second-order valence-electron chi connectivity index (χ2n) is 5.92. The van der Waals surface area contributed by atoms with Gasteiger partial charge in [0.2, 0.25) is 0 Å². The quantitative estimate of drug-likeness (QED) is 0.589. The maximum absolute atomic E-state index is 5.38. The first-order chi connectivity index (χ1) is 10.9. The molecule has 0 heterocycles. The normalized spacial score (nSPS) is 10.0. The predicted octanol–water partition coefficient (Wildman–Crippen LogP) is 5.00. The van der Waals surface area contributed by atoms with Crippen LogP contribution in [0, 0.1) is 41.5 Å². The molecule has 0 saturated carbocycles. The molecule has 0 aliphatic heterocycles. The smallest absolute Gasteiger partial charge is 0.181 e. The zero-order valence-corrected chi connectivity index (χ0v) is 14.5. The zero-order chi connectivity index (χ0) is 17.0. The van der Waals surface area contributed by atoms with E-state index in [1.165, 1.54) is 11.1 Å². The summed E-state index contributed by atoms with van der Waals surface area (Å²) in [5.41, 5.74) is 6.49. The molecule has 2 aromatic carbocycles. The fraction of sp³-hybridized carbons (Fsp3) is 0.316. The van der Waals surface area contributed by atoms with Gasteiger partial charge in [0, 0.05) is 0 Å². The fourth-order valence-corrected chi connectivity index (χ4v) is 2.77. The van der Waals surface area contributed by atoms with Crippen molar-refractivity contribution in [2.24, 2.45) is 10.3 Å². The van der Waals surface area contributed by atoms with Crippen LogP contribution in [0.3, 0.4) is 0 Å². The van der Waals surface area contributed by atoms with E-state index in [0.717, 1.165) is 33.8 Å². The van der Waals surface area contributed by atoms with Crippen LogP contribution in [0.25, 0.3) is 0 Å². The van der Waals surface area contributed by atoms with Gasteiger partial charge in [-0.05, 0) is 74.1 Å². The lowest BCUT2D eigenvalue weighted by molar-refractivity contribution is 0.320. The van der Waals surface area contributed by atoms with Crippen LogP contribution >= 0.6 is 0 Å². The zero-order valence-electron chi connectivity index (χ0n) is 14.5. The largest absolute Gasteiger partial charge is 0.347 e. The van der Waals surface area contributed by atoms with Crippen LogP contribution in [-0.2, 0) is 0 Å². The van der Waals surface area contributed by atoms with Gasteiger partial charge in [-0.15, -0.1) is 0 Å². The van der Waals surface area contributed by atoms with Gasteiger partial charge in [-0.2, -0.15) is 0 Å². The third-order valence-electron chi connectivity index (χ3n) is 3.56. The highest BCUT2D eigenvalue weighted by molar-refractivity contribution is 5.46. The van der Waals surface area contributed by atoms with Crippen LogP contribution in [0.5, 0.6) is 11.5 Å². The van der Waals surface area contributed by atoms with E-state index < -0.39 is 0 Å². The van der Waals surface area contributed by atoms with Crippen molar-refractivity contribution in [3.8, 4) is 11.5 Å². The summed E-state index contributed by atoms with van der Waals surface area (Å²) in [4.78, 5) is 10.8. The monoisotopic (exact) mass is 310 g/mol. The van der Waals surface area contributed by atoms with Gasteiger partial charge in [-0.25, -0.2) is 0 Å². The molecular formula is C19H22N2O2. The SMILES string of the molecule is Cc1cc(C)c(ON=C=NOc2c(C)cc(C)cc2C)c(C)c1. The van der Waals surface area contributed by atoms with Crippen LogP contribution in [0.15, 0.2) is 34.6 Å². The number of aryl methyl sites for hydroxylation is 6. The summed E-state index contributed by atoms with van der Waals surface area (Å²) in [6, 6.07) is 10.6. The molecule has 0 amide bonds. The van der Waals surface area contributed by atoms with Crippen molar-refractivity contribution in [3.05, 3.63) is 57.6 Å². The van der Waals surface area contributed by atoms with Crippen molar-refractivity contribution in [2.45, 2.75) is 41.5 Å². The van der Waals surface area contributed by atoms with E-state index in [2.05, 4.69) is 30.2 Å². The Morgan fingerprint density at radius 1 is 0.609 bits per heavy atom. The molecule has 23 heavy (non-hydrogen) atoms. The Hall–Kier alpha value is -2.58. The van der Waals surface area contributed by atoms with Gasteiger partial charge in [0.05, 0.1) is 0 Å². The summed E-state index contributed by atoms with van der Waals surface area (Å²) in [7, 11) is 0. The first kappa shape index (κ1) is 16.8. The van der Waals surface area contributed by atoms with E-state index >= 15 is 0 Å². The Morgan fingerprint density at radius 3 is 1.22 bits per heavy atom. The molecule has 0 unspecified atom stereocenters. The molecule has 0 saturated heterocycles. The summed E-state index contributed by atoms with van der Waals surface area (Å²) in [5.74, 6) is 1.45. The molecule has 0 aliphatic rings. The van der Waals surface area contributed by atoms with Crippen molar-refractivity contribution in [1.29, 1.82) is 0 Å². The molecule has 0 atom stereocenters. The second-order valence-corrected chi connectivity index (χ2v) is 5.92. The Morgan fingerprint density at radius 2 is 0.913 bits per heavy atom. The highest BCUT2D eigenvalue weighted by Crippen LogP contribution is 2.25. The fourth-order valence-electron chi connectivity index (χ4n) is 2.77. The number of hydrogen-bond acceptors (Lipinski definition) is 4. The summed E-state index contributed by atoms with van der Waals surface area (Å²) in [6.07, 6.45) is 0. The van der Waals surface area contributed by atoms with Crippen LogP contribution < -0.4 is 9.68 Å².